The molecule has 0 aliphatic carbocycles. The van der Waals surface area contributed by atoms with Crippen molar-refractivity contribution in [3.05, 3.63) is 24.4 Å². The lowest BCUT2D eigenvalue weighted by Gasteiger charge is -2.18. The molecule has 1 rings (SSSR count). The third kappa shape index (κ3) is 4.21. The van der Waals surface area contributed by atoms with Crippen LogP contribution in [0.1, 0.15) is 26.2 Å². The number of pyridine rings is 1. The van der Waals surface area contributed by atoms with Crippen molar-refractivity contribution >= 4 is 11.8 Å². The Kier molecular flexibility index (Phi) is 5.30. The average molecular weight is 235 g/mol. The first-order valence-corrected chi connectivity index (χ1v) is 6.43. The van der Waals surface area contributed by atoms with Crippen LogP contribution in [0.4, 0.5) is 0 Å². The van der Waals surface area contributed by atoms with E-state index in [0.717, 1.165) is 23.6 Å². The second-order valence-corrected chi connectivity index (χ2v) is 4.86. The Balaban J connectivity index is 2.25. The predicted octanol–water partition coefficient (Wildman–Crippen LogP) is 2.58. The van der Waals surface area contributed by atoms with E-state index in [1.54, 1.807) is 18.0 Å². The maximum atomic E-state index is 8.91. The molecule has 0 bridgehead atoms. The maximum Gasteiger partial charge on any atom is 0.104 e. The summed E-state index contributed by atoms with van der Waals surface area (Å²) >= 11 is 1.71. The van der Waals surface area contributed by atoms with E-state index >= 15 is 0 Å². The summed E-state index contributed by atoms with van der Waals surface area (Å²) < 4.78 is 0. The van der Waals surface area contributed by atoms with E-state index in [4.69, 9.17) is 11.0 Å². The second-order valence-electron chi connectivity index (χ2n) is 3.74. The zero-order chi connectivity index (χ0) is 11.9. The van der Waals surface area contributed by atoms with Gasteiger partial charge in [-0.2, -0.15) is 5.26 Å². The molecule has 0 saturated carbocycles. The highest BCUT2D eigenvalue weighted by atomic mass is 32.2. The van der Waals surface area contributed by atoms with Crippen molar-refractivity contribution in [1.29, 1.82) is 5.26 Å². The third-order valence-electron chi connectivity index (χ3n) is 2.51. The van der Waals surface area contributed by atoms with Crippen LogP contribution in [-0.2, 0) is 0 Å². The van der Waals surface area contributed by atoms with Crippen molar-refractivity contribution in [2.45, 2.75) is 36.8 Å². The average Bonchev–Trinajstić information content (AvgIpc) is 2.36. The highest BCUT2D eigenvalue weighted by molar-refractivity contribution is 7.99. The number of aromatic nitrogens is 1. The quantitative estimate of drug-likeness (QED) is 0.608. The van der Waals surface area contributed by atoms with Gasteiger partial charge in [0.1, 0.15) is 5.54 Å². The van der Waals surface area contributed by atoms with Gasteiger partial charge in [-0.3, -0.25) is 0 Å². The molecule has 3 nitrogen and oxygen atoms in total. The monoisotopic (exact) mass is 235 g/mol. The lowest BCUT2D eigenvalue weighted by atomic mass is 9.94. The minimum absolute atomic E-state index is 0.648. The Morgan fingerprint density at radius 1 is 1.56 bits per heavy atom. The van der Waals surface area contributed by atoms with Crippen LogP contribution < -0.4 is 5.73 Å². The van der Waals surface area contributed by atoms with Crippen LogP contribution in [0.5, 0.6) is 0 Å². The van der Waals surface area contributed by atoms with Crippen LogP contribution in [0.3, 0.4) is 0 Å². The molecular weight excluding hydrogens is 218 g/mol. The van der Waals surface area contributed by atoms with Crippen molar-refractivity contribution in [3.63, 3.8) is 0 Å². The Labute approximate surface area is 101 Å². The van der Waals surface area contributed by atoms with Crippen molar-refractivity contribution in [2.75, 3.05) is 5.75 Å². The molecule has 4 heteroatoms. The van der Waals surface area contributed by atoms with Gasteiger partial charge >= 0.3 is 0 Å². The molecule has 0 fully saturated rings. The molecule has 0 aliphatic rings. The molecular formula is C12H17N3S. The van der Waals surface area contributed by atoms with Gasteiger partial charge in [0.2, 0.25) is 0 Å². The molecule has 0 spiro atoms. The summed E-state index contributed by atoms with van der Waals surface area (Å²) in [6, 6.07) is 8.05. The summed E-state index contributed by atoms with van der Waals surface area (Å²) in [6.45, 7) is 1.95. The Morgan fingerprint density at radius 3 is 2.94 bits per heavy atom. The topological polar surface area (TPSA) is 62.7 Å². The smallest absolute Gasteiger partial charge is 0.104 e. The van der Waals surface area contributed by atoms with Crippen LogP contribution >= 0.6 is 11.8 Å². The minimum Gasteiger partial charge on any atom is -0.313 e. The molecule has 0 aromatic carbocycles. The zero-order valence-corrected chi connectivity index (χ0v) is 10.3. The highest BCUT2D eigenvalue weighted by Gasteiger charge is 2.20. The van der Waals surface area contributed by atoms with Gasteiger partial charge in [0.15, 0.2) is 0 Å². The van der Waals surface area contributed by atoms with E-state index in [-0.39, 0.29) is 0 Å². The number of nitriles is 1. The maximum absolute atomic E-state index is 8.91. The van der Waals surface area contributed by atoms with Gasteiger partial charge in [-0.05, 0) is 37.1 Å². The summed E-state index contributed by atoms with van der Waals surface area (Å²) in [7, 11) is 0. The Morgan fingerprint density at radius 2 is 2.38 bits per heavy atom. The van der Waals surface area contributed by atoms with Crippen molar-refractivity contribution in [1.82, 2.24) is 4.98 Å². The largest absolute Gasteiger partial charge is 0.313 e. The van der Waals surface area contributed by atoms with Crippen molar-refractivity contribution in [3.8, 4) is 6.07 Å². The molecule has 1 aromatic rings. The van der Waals surface area contributed by atoms with Gasteiger partial charge in [0.05, 0.1) is 11.1 Å². The summed E-state index contributed by atoms with van der Waals surface area (Å²) in [5.41, 5.74) is 5.24. The lowest BCUT2D eigenvalue weighted by molar-refractivity contribution is 0.478. The molecule has 86 valence electrons. The van der Waals surface area contributed by atoms with Gasteiger partial charge < -0.3 is 5.73 Å². The van der Waals surface area contributed by atoms with Gasteiger partial charge in [-0.15, -0.1) is 11.8 Å². The normalized spacial score (nSPS) is 14.1. The molecule has 0 aliphatic heterocycles. The van der Waals surface area contributed by atoms with E-state index in [0.29, 0.717) is 6.42 Å². The number of rotatable bonds is 6. The van der Waals surface area contributed by atoms with Gasteiger partial charge in [0.25, 0.3) is 0 Å². The summed E-state index contributed by atoms with van der Waals surface area (Å²) in [5, 5.41) is 9.93. The van der Waals surface area contributed by atoms with E-state index in [1.807, 2.05) is 25.1 Å². The zero-order valence-electron chi connectivity index (χ0n) is 9.52. The first kappa shape index (κ1) is 13.0. The minimum atomic E-state index is -0.648. The number of nitrogens with zero attached hydrogens (tertiary/aromatic N) is 2. The van der Waals surface area contributed by atoms with Crippen LogP contribution in [-0.4, -0.2) is 16.3 Å². The predicted molar refractivity (Wildman–Crippen MR) is 67.0 cm³/mol. The lowest BCUT2D eigenvalue weighted by Crippen LogP contribution is -2.37. The molecule has 0 amide bonds. The summed E-state index contributed by atoms with van der Waals surface area (Å²) in [6.07, 6.45) is 4.19. The van der Waals surface area contributed by atoms with Gasteiger partial charge in [0, 0.05) is 6.20 Å². The fourth-order valence-electron chi connectivity index (χ4n) is 1.31. The van der Waals surface area contributed by atoms with Crippen LogP contribution in [0.15, 0.2) is 29.4 Å². The molecule has 0 saturated heterocycles. The second kappa shape index (κ2) is 6.51. The number of thioether (sulfide) groups is 1. The van der Waals surface area contributed by atoms with E-state index in [1.165, 1.54) is 0 Å². The van der Waals surface area contributed by atoms with Crippen LogP contribution in [0, 0.1) is 11.3 Å². The van der Waals surface area contributed by atoms with E-state index in [2.05, 4.69) is 11.1 Å². The molecule has 1 heterocycles. The number of hydrogen-bond acceptors (Lipinski definition) is 4. The fraction of sp³-hybridized carbons (Fsp3) is 0.500. The number of hydrogen-bond donors (Lipinski definition) is 1. The molecule has 16 heavy (non-hydrogen) atoms. The molecule has 1 atom stereocenters. The summed E-state index contributed by atoms with van der Waals surface area (Å²) in [5.74, 6) is 0.956. The molecule has 1 unspecified atom stereocenters. The van der Waals surface area contributed by atoms with Crippen LogP contribution in [0.2, 0.25) is 0 Å². The highest BCUT2D eigenvalue weighted by Crippen LogP contribution is 2.19. The molecule has 1 aromatic heterocycles. The Bertz CT molecular complexity index is 347. The SMILES string of the molecule is CCC(N)(C#N)CCCSc1ccccn1. The third-order valence-corrected chi connectivity index (χ3v) is 3.54. The van der Waals surface area contributed by atoms with Crippen molar-refractivity contribution < 1.29 is 0 Å². The van der Waals surface area contributed by atoms with Crippen molar-refractivity contribution in [2.24, 2.45) is 5.73 Å². The van der Waals surface area contributed by atoms with Gasteiger partial charge in [-0.25, -0.2) is 4.98 Å². The molecule has 2 N–H and O–H groups in total. The fourth-order valence-corrected chi connectivity index (χ4v) is 2.12. The van der Waals surface area contributed by atoms with E-state index < -0.39 is 5.54 Å². The van der Waals surface area contributed by atoms with E-state index in [9.17, 15) is 0 Å². The first-order valence-electron chi connectivity index (χ1n) is 5.44. The Hall–Kier alpha value is -1.05. The molecule has 0 radical (unpaired) electrons. The van der Waals surface area contributed by atoms with Crippen LogP contribution in [0.25, 0.3) is 0 Å². The number of nitrogens with two attached hydrogens (primary N) is 1. The first-order chi connectivity index (χ1) is 7.70. The summed E-state index contributed by atoms with van der Waals surface area (Å²) in [4.78, 5) is 4.22. The standard InChI is InChI=1S/C12H17N3S/c1-2-12(14,10-13)7-5-9-16-11-6-3-4-8-15-11/h3-4,6,8H,2,5,7,9,14H2,1H3. The van der Waals surface area contributed by atoms with Gasteiger partial charge in [-0.1, -0.05) is 13.0 Å².